The second-order valence-corrected chi connectivity index (χ2v) is 9.38. The molecule has 8 nitrogen and oxygen atoms in total. The van der Waals surface area contributed by atoms with Crippen molar-refractivity contribution in [1.82, 2.24) is 10.2 Å². The van der Waals surface area contributed by atoms with Crippen LogP contribution in [0.1, 0.15) is 16.7 Å². The molecule has 4 rings (SSSR count). The molecule has 0 saturated carbocycles. The van der Waals surface area contributed by atoms with Crippen LogP contribution in [0.15, 0.2) is 66.4 Å². The van der Waals surface area contributed by atoms with Crippen molar-refractivity contribution < 1.29 is 28.2 Å². The average Bonchev–Trinajstić information content (AvgIpc) is 3.11. The summed E-state index contributed by atoms with van der Waals surface area (Å²) in [5.41, 5.74) is 2.69. The minimum Gasteiger partial charge on any atom is -0.493 e. The maximum atomic E-state index is 13.8. The topological polar surface area (TPSA) is 97.0 Å². The molecule has 0 aromatic heterocycles. The van der Waals surface area contributed by atoms with Gasteiger partial charge in [-0.15, -0.1) is 0 Å². The van der Waals surface area contributed by atoms with Crippen molar-refractivity contribution in [3.05, 3.63) is 92.4 Å². The van der Waals surface area contributed by atoms with Crippen molar-refractivity contribution in [3.8, 4) is 11.5 Å². The van der Waals surface area contributed by atoms with E-state index in [0.717, 1.165) is 19.6 Å². The zero-order valence-corrected chi connectivity index (χ0v) is 22.2. The fraction of sp³-hybridized carbons (Fsp3) is 0.148. The number of carbonyl (C=O) groups is 3. The third kappa shape index (κ3) is 6.26. The summed E-state index contributed by atoms with van der Waals surface area (Å²) in [5, 5.41) is 4.84. The van der Waals surface area contributed by atoms with Gasteiger partial charge < -0.3 is 20.1 Å². The molecule has 2 N–H and O–H groups in total. The molecule has 0 bridgehead atoms. The summed E-state index contributed by atoms with van der Waals surface area (Å²) in [7, 11) is 1.51. The molecule has 1 fully saturated rings. The first-order valence-corrected chi connectivity index (χ1v) is 12.3. The zero-order valence-electron chi connectivity index (χ0n) is 20.0. The SMILES string of the molecule is COc1cc(/C=C2/NC(=O)N(CC(=O)Nc3ccccc3F)C2=O)cc(I)c1OCc1cccc(C)c1. The number of nitrogens with zero attached hydrogens (tertiary/aromatic N) is 1. The maximum Gasteiger partial charge on any atom is 0.329 e. The number of amides is 4. The number of urea groups is 1. The highest BCUT2D eigenvalue weighted by Gasteiger charge is 2.35. The Labute approximate surface area is 226 Å². The molecule has 3 aromatic rings. The summed E-state index contributed by atoms with van der Waals surface area (Å²) < 4.78 is 26.1. The van der Waals surface area contributed by atoms with E-state index in [-0.39, 0.29) is 11.4 Å². The lowest BCUT2D eigenvalue weighted by Crippen LogP contribution is -2.38. The summed E-state index contributed by atoms with van der Waals surface area (Å²) in [4.78, 5) is 38.3. The number of para-hydroxylation sites is 1. The number of hydrogen-bond acceptors (Lipinski definition) is 5. The van der Waals surface area contributed by atoms with Crippen LogP contribution in [0.25, 0.3) is 6.08 Å². The lowest BCUT2D eigenvalue weighted by atomic mass is 10.1. The van der Waals surface area contributed by atoms with Gasteiger partial charge in [-0.1, -0.05) is 42.0 Å². The third-order valence-electron chi connectivity index (χ3n) is 5.44. The number of carbonyl (C=O) groups excluding carboxylic acids is 3. The molecule has 37 heavy (non-hydrogen) atoms. The van der Waals surface area contributed by atoms with Gasteiger partial charge in [0.2, 0.25) is 5.91 Å². The second-order valence-electron chi connectivity index (χ2n) is 8.22. The normalized spacial score (nSPS) is 14.1. The van der Waals surface area contributed by atoms with Gasteiger partial charge in [0.25, 0.3) is 5.91 Å². The summed E-state index contributed by atoms with van der Waals surface area (Å²) in [5.74, 6) is -0.989. The fourth-order valence-electron chi connectivity index (χ4n) is 3.70. The largest absolute Gasteiger partial charge is 0.493 e. The molecule has 0 aliphatic carbocycles. The van der Waals surface area contributed by atoms with E-state index in [9.17, 15) is 18.8 Å². The van der Waals surface area contributed by atoms with Crippen LogP contribution < -0.4 is 20.1 Å². The van der Waals surface area contributed by atoms with E-state index in [1.165, 1.54) is 31.4 Å². The van der Waals surface area contributed by atoms with Gasteiger partial charge in [-0.3, -0.25) is 9.59 Å². The van der Waals surface area contributed by atoms with Gasteiger partial charge >= 0.3 is 6.03 Å². The van der Waals surface area contributed by atoms with Gasteiger partial charge in [0.1, 0.15) is 24.7 Å². The van der Waals surface area contributed by atoms with Crippen molar-refractivity contribution in [2.24, 2.45) is 0 Å². The smallest absolute Gasteiger partial charge is 0.329 e. The molecule has 0 spiro atoms. The summed E-state index contributed by atoms with van der Waals surface area (Å²) >= 11 is 2.11. The number of aryl methyl sites for hydroxylation is 1. The lowest BCUT2D eigenvalue weighted by molar-refractivity contribution is -0.127. The Balaban J connectivity index is 1.48. The average molecular weight is 615 g/mol. The van der Waals surface area contributed by atoms with E-state index in [1.54, 1.807) is 18.2 Å². The predicted molar refractivity (Wildman–Crippen MR) is 144 cm³/mol. The van der Waals surface area contributed by atoms with Gasteiger partial charge in [0.05, 0.1) is 16.4 Å². The van der Waals surface area contributed by atoms with Crippen LogP contribution in [0.5, 0.6) is 11.5 Å². The lowest BCUT2D eigenvalue weighted by Gasteiger charge is -2.14. The Morgan fingerprint density at radius 1 is 1.14 bits per heavy atom. The number of ether oxygens (including phenoxy) is 2. The van der Waals surface area contributed by atoms with E-state index in [1.807, 2.05) is 31.2 Å². The van der Waals surface area contributed by atoms with Gasteiger partial charge in [-0.25, -0.2) is 14.1 Å². The summed E-state index contributed by atoms with van der Waals surface area (Å²) in [6.07, 6.45) is 1.49. The molecule has 4 amide bonds. The molecule has 10 heteroatoms. The Kier molecular flexibility index (Phi) is 8.07. The highest BCUT2D eigenvalue weighted by molar-refractivity contribution is 14.1. The number of methoxy groups -OCH3 is 1. The first-order valence-electron chi connectivity index (χ1n) is 11.2. The quantitative estimate of drug-likeness (QED) is 0.215. The van der Waals surface area contributed by atoms with Crippen LogP contribution in [-0.2, 0) is 16.2 Å². The van der Waals surface area contributed by atoms with Crippen LogP contribution in [0.3, 0.4) is 0 Å². The summed E-state index contributed by atoms with van der Waals surface area (Å²) in [6, 6.07) is 16.3. The highest BCUT2D eigenvalue weighted by atomic mass is 127. The van der Waals surface area contributed by atoms with Gasteiger partial charge in [0.15, 0.2) is 11.5 Å². The highest BCUT2D eigenvalue weighted by Crippen LogP contribution is 2.35. The van der Waals surface area contributed by atoms with Crippen molar-refractivity contribution in [2.75, 3.05) is 19.0 Å². The van der Waals surface area contributed by atoms with Crippen LogP contribution in [0.4, 0.5) is 14.9 Å². The molecular formula is C27H23FIN3O5. The van der Waals surface area contributed by atoms with Crippen molar-refractivity contribution in [1.29, 1.82) is 0 Å². The molecule has 1 saturated heterocycles. The van der Waals surface area contributed by atoms with E-state index in [2.05, 4.69) is 33.2 Å². The Bertz CT molecular complexity index is 1410. The predicted octanol–water partition coefficient (Wildman–Crippen LogP) is 4.86. The first kappa shape index (κ1) is 26.1. The van der Waals surface area contributed by atoms with Gasteiger partial charge in [-0.2, -0.15) is 0 Å². The van der Waals surface area contributed by atoms with E-state index in [0.29, 0.717) is 23.7 Å². The van der Waals surface area contributed by atoms with Crippen LogP contribution in [-0.4, -0.2) is 36.4 Å². The molecule has 1 aliphatic heterocycles. The monoisotopic (exact) mass is 615 g/mol. The van der Waals surface area contributed by atoms with E-state index >= 15 is 0 Å². The standard InChI is InChI=1S/C27H23FIN3O5/c1-16-6-5-7-17(10-16)15-37-25-20(29)11-18(13-23(25)36-2)12-22-26(34)32(27(35)31-22)14-24(33)30-21-9-4-3-8-19(21)28/h3-13H,14-15H2,1-2H3,(H,30,33)(H,31,35)/b22-12+. The number of anilines is 1. The van der Waals surface area contributed by atoms with E-state index in [4.69, 9.17) is 9.47 Å². The molecule has 1 aliphatic rings. The number of halogens is 2. The number of benzene rings is 3. The second kappa shape index (κ2) is 11.4. The number of rotatable bonds is 8. The minimum atomic E-state index is -0.750. The van der Waals surface area contributed by atoms with Crippen LogP contribution >= 0.6 is 22.6 Å². The van der Waals surface area contributed by atoms with E-state index < -0.39 is 30.2 Å². The van der Waals surface area contributed by atoms with Crippen molar-refractivity contribution in [3.63, 3.8) is 0 Å². The molecule has 0 atom stereocenters. The van der Waals surface area contributed by atoms with Gasteiger partial charge in [0, 0.05) is 0 Å². The molecular weight excluding hydrogens is 592 g/mol. The first-order chi connectivity index (χ1) is 17.7. The molecule has 1 heterocycles. The zero-order chi connectivity index (χ0) is 26.5. The number of imide groups is 1. The molecule has 3 aromatic carbocycles. The third-order valence-corrected chi connectivity index (χ3v) is 6.24. The summed E-state index contributed by atoms with van der Waals surface area (Å²) in [6.45, 7) is 1.80. The van der Waals surface area contributed by atoms with Gasteiger partial charge in [-0.05, 0) is 71.0 Å². The Hall–Kier alpha value is -3.93. The van der Waals surface area contributed by atoms with Crippen LogP contribution in [0, 0.1) is 16.3 Å². The molecule has 0 radical (unpaired) electrons. The Morgan fingerprint density at radius 2 is 1.92 bits per heavy atom. The van der Waals surface area contributed by atoms with Crippen molar-refractivity contribution >= 4 is 52.2 Å². The number of nitrogens with one attached hydrogen (secondary N) is 2. The maximum absolute atomic E-state index is 13.8. The fourth-order valence-corrected chi connectivity index (χ4v) is 4.48. The van der Waals surface area contributed by atoms with Crippen LogP contribution in [0.2, 0.25) is 0 Å². The molecule has 190 valence electrons. The molecule has 0 unspecified atom stereocenters. The van der Waals surface area contributed by atoms with Crippen molar-refractivity contribution in [2.45, 2.75) is 13.5 Å². The number of hydrogen-bond donors (Lipinski definition) is 2. The Morgan fingerprint density at radius 3 is 2.65 bits per heavy atom. The minimum absolute atomic E-state index is 0.00465.